The predicted molar refractivity (Wildman–Crippen MR) is 232 cm³/mol. The lowest BCUT2D eigenvalue weighted by Crippen LogP contribution is -2.28. The molecule has 0 radical (unpaired) electrons. The molecule has 0 fully saturated rings. The van der Waals surface area contributed by atoms with Crippen LogP contribution in [0.3, 0.4) is 0 Å². The number of benzene rings is 8. The number of thiophene rings is 1. The third-order valence-electron chi connectivity index (χ3n) is 11.2. The fourth-order valence-electron chi connectivity index (χ4n) is 8.84. The first-order chi connectivity index (χ1) is 27.8. The first kappa shape index (κ1) is 32.4. The first-order valence-corrected chi connectivity index (χ1v) is 19.8. The molecule has 0 bridgehead atoms. The molecule has 2 aromatic heterocycles. The van der Waals surface area contributed by atoms with Crippen molar-refractivity contribution in [3.63, 3.8) is 0 Å². The summed E-state index contributed by atoms with van der Waals surface area (Å²) >= 11 is 1.85. The zero-order valence-corrected chi connectivity index (χ0v) is 31.1. The van der Waals surface area contributed by atoms with Gasteiger partial charge in [-0.05, 0) is 62.7 Å². The van der Waals surface area contributed by atoms with Crippen LogP contribution in [0.25, 0.3) is 76.6 Å². The summed E-state index contributed by atoms with van der Waals surface area (Å²) in [5.74, 6) is 1.94. The van der Waals surface area contributed by atoms with Crippen LogP contribution in [0.1, 0.15) is 22.3 Å². The van der Waals surface area contributed by atoms with Crippen LogP contribution in [-0.4, -0.2) is 15.0 Å². The summed E-state index contributed by atoms with van der Waals surface area (Å²) in [5.41, 5.74) is 12.4. The van der Waals surface area contributed by atoms with Crippen LogP contribution in [-0.2, 0) is 5.41 Å². The maximum Gasteiger partial charge on any atom is 0.164 e. The molecule has 0 amide bonds. The number of fused-ring (bicyclic) bond motifs is 6. The van der Waals surface area contributed by atoms with Crippen molar-refractivity contribution >= 4 is 31.5 Å². The Balaban J connectivity index is 1.16. The maximum absolute atomic E-state index is 5.15. The van der Waals surface area contributed by atoms with Gasteiger partial charge in [0.15, 0.2) is 17.5 Å². The summed E-state index contributed by atoms with van der Waals surface area (Å²) in [7, 11) is 0. The molecule has 56 heavy (non-hydrogen) atoms. The third kappa shape index (κ3) is 5.00. The summed E-state index contributed by atoms with van der Waals surface area (Å²) < 4.78 is 2.50. The molecule has 0 aliphatic heterocycles. The lowest BCUT2D eigenvalue weighted by molar-refractivity contribution is 0.770. The van der Waals surface area contributed by atoms with Gasteiger partial charge in [-0.1, -0.05) is 182 Å². The molecule has 1 aliphatic carbocycles. The average Bonchev–Trinajstić information content (AvgIpc) is 3.81. The van der Waals surface area contributed by atoms with Crippen LogP contribution in [0.5, 0.6) is 0 Å². The van der Waals surface area contributed by atoms with Crippen molar-refractivity contribution in [2.75, 3.05) is 0 Å². The molecule has 0 unspecified atom stereocenters. The third-order valence-corrected chi connectivity index (χ3v) is 12.4. The van der Waals surface area contributed by atoms with Crippen molar-refractivity contribution in [2.24, 2.45) is 0 Å². The molecule has 0 N–H and O–H groups in total. The van der Waals surface area contributed by atoms with E-state index >= 15 is 0 Å². The fourth-order valence-corrected chi connectivity index (χ4v) is 9.95. The molecule has 4 heteroatoms. The van der Waals surface area contributed by atoms with Crippen molar-refractivity contribution in [3.8, 4) is 56.4 Å². The Hall–Kier alpha value is -7.01. The maximum atomic E-state index is 5.15. The normalized spacial score (nSPS) is 12.8. The summed E-state index contributed by atoms with van der Waals surface area (Å²) in [6.45, 7) is 0. The van der Waals surface area contributed by atoms with Gasteiger partial charge in [0.05, 0.1) is 5.41 Å². The molecule has 0 saturated heterocycles. The van der Waals surface area contributed by atoms with Crippen LogP contribution < -0.4 is 0 Å². The summed E-state index contributed by atoms with van der Waals surface area (Å²) in [6, 6.07) is 71.7. The highest BCUT2D eigenvalue weighted by Crippen LogP contribution is 2.57. The van der Waals surface area contributed by atoms with E-state index in [4.69, 9.17) is 15.0 Å². The number of aromatic nitrogens is 3. The van der Waals surface area contributed by atoms with E-state index in [9.17, 15) is 0 Å². The van der Waals surface area contributed by atoms with Gasteiger partial charge in [-0.15, -0.1) is 11.3 Å². The summed E-state index contributed by atoms with van der Waals surface area (Å²) in [6.07, 6.45) is 0. The SMILES string of the molecule is c1ccc(-c2nc(-c3ccccc3)nc(-c3ccccc3-c3cccc4sc5ccc(C6(c7ccccc7)c7ccccc7-c7ccccc76)cc5c34)n2)cc1. The van der Waals surface area contributed by atoms with E-state index < -0.39 is 5.41 Å². The van der Waals surface area contributed by atoms with Crippen molar-refractivity contribution in [3.05, 3.63) is 222 Å². The zero-order chi connectivity index (χ0) is 37.1. The van der Waals surface area contributed by atoms with Gasteiger partial charge in [-0.2, -0.15) is 0 Å². The smallest absolute Gasteiger partial charge is 0.164 e. The fraction of sp³-hybridized carbons (Fsp3) is 0.0192. The summed E-state index contributed by atoms with van der Waals surface area (Å²) in [5, 5.41) is 2.49. The molecular formula is C52H33N3S. The minimum absolute atomic E-state index is 0.476. The molecule has 262 valence electrons. The van der Waals surface area contributed by atoms with E-state index in [0.717, 1.165) is 27.8 Å². The van der Waals surface area contributed by atoms with E-state index in [0.29, 0.717) is 17.5 Å². The average molecular weight is 732 g/mol. The second-order valence-corrected chi connectivity index (χ2v) is 15.4. The van der Waals surface area contributed by atoms with Crippen molar-refractivity contribution in [2.45, 2.75) is 5.41 Å². The lowest BCUT2D eigenvalue weighted by atomic mass is 9.67. The Kier molecular flexibility index (Phi) is 7.58. The topological polar surface area (TPSA) is 38.7 Å². The molecule has 8 aromatic carbocycles. The molecule has 1 aliphatic rings. The molecule has 2 heterocycles. The molecule has 0 spiro atoms. The van der Waals surface area contributed by atoms with Gasteiger partial charge >= 0.3 is 0 Å². The number of rotatable bonds is 6. The number of nitrogens with zero attached hydrogens (tertiary/aromatic N) is 3. The highest BCUT2D eigenvalue weighted by atomic mass is 32.1. The van der Waals surface area contributed by atoms with Gasteiger partial charge in [0.25, 0.3) is 0 Å². The molecule has 3 nitrogen and oxygen atoms in total. The van der Waals surface area contributed by atoms with E-state index in [1.165, 1.54) is 53.6 Å². The van der Waals surface area contributed by atoms with Crippen LogP contribution in [0, 0.1) is 0 Å². The molecule has 11 rings (SSSR count). The Morgan fingerprint density at radius 3 is 1.46 bits per heavy atom. The quantitative estimate of drug-likeness (QED) is 0.171. The monoisotopic (exact) mass is 731 g/mol. The minimum atomic E-state index is -0.476. The Morgan fingerprint density at radius 2 is 0.839 bits per heavy atom. The van der Waals surface area contributed by atoms with Gasteiger partial charge in [0.2, 0.25) is 0 Å². The van der Waals surface area contributed by atoms with Gasteiger partial charge in [-0.25, -0.2) is 15.0 Å². The van der Waals surface area contributed by atoms with Crippen molar-refractivity contribution in [1.29, 1.82) is 0 Å². The number of hydrogen-bond donors (Lipinski definition) is 0. The summed E-state index contributed by atoms with van der Waals surface area (Å²) in [4.78, 5) is 15.3. The Morgan fingerprint density at radius 1 is 0.339 bits per heavy atom. The molecular weight excluding hydrogens is 699 g/mol. The van der Waals surface area contributed by atoms with Crippen LogP contribution in [0.2, 0.25) is 0 Å². The van der Waals surface area contributed by atoms with Gasteiger partial charge < -0.3 is 0 Å². The number of hydrogen-bond acceptors (Lipinski definition) is 4. The van der Waals surface area contributed by atoms with Crippen LogP contribution in [0.15, 0.2) is 200 Å². The van der Waals surface area contributed by atoms with Crippen molar-refractivity contribution < 1.29 is 0 Å². The predicted octanol–water partition coefficient (Wildman–Crippen LogP) is 13.3. The van der Waals surface area contributed by atoms with E-state index in [-0.39, 0.29) is 0 Å². The largest absolute Gasteiger partial charge is 0.208 e. The van der Waals surface area contributed by atoms with Crippen LogP contribution in [0.4, 0.5) is 0 Å². The van der Waals surface area contributed by atoms with Gasteiger partial charge in [0.1, 0.15) is 0 Å². The lowest BCUT2D eigenvalue weighted by Gasteiger charge is -2.34. The van der Waals surface area contributed by atoms with E-state index in [2.05, 4.69) is 164 Å². The van der Waals surface area contributed by atoms with Gasteiger partial charge in [0, 0.05) is 36.9 Å². The second-order valence-electron chi connectivity index (χ2n) is 14.3. The second kappa shape index (κ2) is 13.1. The molecule has 0 atom stereocenters. The highest BCUT2D eigenvalue weighted by molar-refractivity contribution is 7.26. The zero-order valence-electron chi connectivity index (χ0n) is 30.3. The van der Waals surface area contributed by atoms with Gasteiger partial charge in [-0.3, -0.25) is 0 Å². The van der Waals surface area contributed by atoms with Crippen LogP contribution >= 0.6 is 11.3 Å². The highest BCUT2D eigenvalue weighted by Gasteiger charge is 2.46. The van der Waals surface area contributed by atoms with Crippen molar-refractivity contribution in [1.82, 2.24) is 15.0 Å². The Labute approximate surface area is 329 Å². The standard InChI is InChI=1S/C52H33N3S/c1-4-17-34(18-5-1)49-53-50(35-19-6-2-7-20-35)55-51(54-49)42-26-11-10-23-38(42)41-27-16-30-47-48(41)43-33-37(31-32-46(43)56-47)52(36-21-8-3-9-22-36)44-28-14-12-24-39(44)40-25-13-15-29-45(40)52/h1-33H. The first-order valence-electron chi connectivity index (χ1n) is 18.9. The Bertz CT molecular complexity index is 2980. The minimum Gasteiger partial charge on any atom is -0.208 e. The van der Waals surface area contributed by atoms with E-state index in [1.54, 1.807) is 0 Å². The molecule has 10 aromatic rings. The molecule has 0 saturated carbocycles. The van der Waals surface area contributed by atoms with E-state index in [1.807, 2.05) is 47.7 Å².